The highest BCUT2D eigenvalue weighted by molar-refractivity contribution is 6.07. The van der Waals surface area contributed by atoms with Crippen LogP contribution in [0.15, 0.2) is 72.3 Å². The Kier molecular flexibility index (Phi) is 4.86. The Hall–Kier alpha value is -3.73. The molecule has 0 aromatic heterocycles. The number of methoxy groups -OCH3 is 1. The standard InChI is InChI=1S/C26H22O5/c1-3-29-26(27)25-23(16-7-6-8-18(13-16)28-2)19-9-4-5-10-20(19)24(25)17-11-12-21-22(14-17)31-15-30-21/h4-14,23H,3,15H2,1-2H3. The number of ether oxygens (including phenoxy) is 4. The monoisotopic (exact) mass is 414 g/mol. The van der Waals surface area contributed by atoms with Crippen LogP contribution in [-0.2, 0) is 9.53 Å². The zero-order valence-corrected chi connectivity index (χ0v) is 17.4. The first-order valence-corrected chi connectivity index (χ1v) is 10.3. The van der Waals surface area contributed by atoms with E-state index in [-0.39, 0.29) is 18.7 Å². The van der Waals surface area contributed by atoms with Crippen LogP contribution in [0.5, 0.6) is 17.2 Å². The maximum Gasteiger partial charge on any atom is 0.335 e. The van der Waals surface area contributed by atoms with Gasteiger partial charge in [-0.15, -0.1) is 0 Å². The summed E-state index contributed by atoms with van der Waals surface area (Å²) in [4.78, 5) is 13.3. The van der Waals surface area contributed by atoms with Crippen molar-refractivity contribution in [2.24, 2.45) is 0 Å². The quantitative estimate of drug-likeness (QED) is 0.554. The van der Waals surface area contributed by atoms with Gasteiger partial charge in [-0.1, -0.05) is 42.5 Å². The molecule has 1 aliphatic carbocycles. The van der Waals surface area contributed by atoms with Crippen LogP contribution < -0.4 is 14.2 Å². The van der Waals surface area contributed by atoms with Gasteiger partial charge in [-0.2, -0.15) is 0 Å². The minimum absolute atomic E-state index is 0.200. The predicted octanol–water partition coefficient (Wildman–Crippen LogP) is 4.93. The smallest absolute Gasteiger partial charge is 0.335 e. The molecule has 0 N–H and O–H groups in total. The summed E-state index contributed by atoms with van der Waals surface area (Å²) in [6.07, 6.45) is 0. The number of rotatable bonds is 5. The molecule has 1 atom stereocenters. The molecule has 156 valence electrons. The van der Waals surface area contributed by atoms with Crippen molar-refractivity contribution in [2.45, 2.75) is 12.8 Å². The van der Waals surface area contributed by atoms with E-state index in [1.165, 1.54) is 0 Å². The summed E-state index contributed by atoms with van der Waals surface area (Å²) in [6.45, 7) is 2.32. The van der Waals surface area contributed by atoms with E-state index in [1.807, 2.05) is 61.5 Å². The molecule has 2 aliphatic rings. The lowest BCUT2D eigenvalue weighted by Gasteiger charge is -2.17. The molecule has 3 aromatic rings. The summed E-state index contributed by atoms with van der Waals surface area (Å²) in [5.41, 5.74) is 5.43. The van der Waals surface area contributed by atoms with E-state index >= 15 is 0 Å². The predicted molar refractivity (Wildman–Crippen MR) is 116 cm³/mol. The first kappa shape index (κ1) is 19.2. The zero-order valence-electron chi connectivity index (χ0n) is 17.4. The molecule has 0 amide bonds. The SMILES string of the molecule is CCOC(=O)C1=C(c2ccc3c(c2)OCO3)c2ccccc2C1c1cccc(OC)c1. The van der Waals surface area contributed by atoms with Crippen molar-refractivity contribution in [3.05, 3.63) is 94.6 Å². The largest absolute Gasteiger partial charge is 0.497 e. The van der Waals surface area contributed by atoms with E-state index in [9.17, 15) is 4.79 Å². The minimum atomic E-state index is -0.320. The third kappa shape index (κ3) is 3.22. The van der Waals surface area contributed by atoms with E-state index < -0.39 is 0 Å². The molecule has 5 rings (SSSR count). The molecule has 1 aliphatic heterocycles. The third-order valence-corrected chi connectivity index (χ3v) is 5.68. The molecular weight excluding hydrogens is 392 g/mol. The van der Waals surface area contributed by atoms with E-state index in [1.54, 1.807) is 7.11 Å². The van der Waals surface area contributed by atoms with Gasteiger partial charge in [0.2, 0.25) is 6.79 Å². The molecule has 0 spiro atoms. The summed E-state index contributed by atoms with van der Waals surface area (Å²) in [5, 5.41) is 0. The van der Waals surface area contributed by atoms with Gasteiger partial charge in [0, 0.05) is 11.5 Å². The Balaban J connectivity index is 1.76. The van der Waals surface area contributed by atoms with Crippen molar-refractivity contribution in [3.8, 4) is 17.2 Å². The first-order valence-electron chi connectivity index (χ1n) is 10.3. The van der Waals surface area contributed by atoms with Gasteiger partial charge in [-0.25, -0.2) is 4.79 Å². The third-order valence-electron chi connectivity index (χ3n) is 5.68. The fourth-order valence-corrected chi connectivity index (χ4v) is 4.38. The van der Waals surface area contributed by atoms with Crippen LogP contribution in [0.2, 0.25) is 0 Å². The fourth-order valence-electron chi connectivity index (χ4n) is 4.38. The van der Waals surface area contributed by atoms with E-state index in [2.05, 4.69) is 12.1 Å². The average molecular weight is 414 g/mol. The summed E-state index contributed by atoms with van der Waals surface area (Å²) < 4.78 is 22.0. The highest BCUT2D eigenvalue weighted by Crippen LogP contribution is 2.50. The van der Waals surface area contributed by atoms with Crippen LogP contribution in [0.4, 0.5) is 0 Å². The molecule has 0 bridgehead atoms. The van der Waals surface area contributed by atoms with Crippen molar-refractivity contribution in [3.63, 3.8) is 0 Å². The number of hydrogen-bond acceptors (Lipinski definition) is 5. The van der Waals surface area contributed by atoms with E-state index in [0.29, 0.717) is 23.7 Å². The number of esters is 1. The Morgan fingerprint density at radius 3 is 2.68 bits per heavy atom. The summed E-state index contributed by atoms with van der Waals surface area (Å²) >= 11 is 0. The van der Waals surface area contributed by atoms with Crippen LogP contribution in [0.25, 0.3) is 5.57 Å². The molecule has 0 fully saturated rings. The molecule has 3 aromatic carbocycles. The van der Waals surface area contributed by atoms with Gasteiger partial charge in [0.05, 0.1) is 19.3 Å². The summed E-state index contributed by atoms with van der Waals surface area (Å²) in [6, 6.07) is 21.7. The number of fused-ring (bicyclic) bond motifs is 2. The Morgan fingerprint density at radius 1 is 1.00 bits per heavy atom. The molecule has 5 heteroatoms. The topological polar surface area (TPSA) is 54.0 Å². The van der Waals surface area contributed by atoms with Gasteiger partial charge < -0.3 is 18.9 Å². The molecular formula is C26H22O5. The average Bonchev–Trinajstić information content (AvgIpc) is 3.41. The van der Waals surface area contributed by atoms with Gasteiger partial charge in [0.1, 0.15) is 5.75 Å². The Morgan fingerprint density at radius 2 is 1.84 bits per heavy atom. The second kappa shape index (κ2) is 7.84. The van der Waals surface area contributed by atoms with Crippen LogP contribution >= 0.6 is 0 Å². The Bertz CT molecular complexity index is 1190. The normalized spacial score (nSPS) is 16.3. The van der Waals surface area contributed by atoms with Crippen molar-refractivity contribution in [1.29, 1.82) is 0 Å². The number of hydrogen-bond donors (Lipinski definition) is 0. The molecule has 5 nitrogen and oxygen atoms in total. The lowest BCUT2D eigenvalue weighted by Crippen LogP contribution is -2.14. The second-order valence-electron chi connectivity index (χ2n) is 7.37. The summed E-state index contributed by atoms with van der Waals surface area (Å²) in [5.74, 6) is 1.55. The highest BCUT2D eigenvalue weighted by Gasteiger charge is 2.38. The van der Waals surface area contributed by atoms with Crippen LogP contribution in [0, 0.1) is 0 Å². The number of carbonyl (C=O) groups excluding carboxylic acids is 1. The maximum absolute atomic E-state index is 13.3. The number of benzene rings is 3. The van der Waals surface area contributed by atoms with Crippen molar-refractivity contribution in [2.75, 3.05) is 20.5 Å². The van der Waals surface area contributed by atoms with Crippen molar-refractivity contribution >= 4 is 11.5 Å². The zero-order chi connectivity index (χ0) is 21.4. The number of carbonyl (C=O) groups is 1. The molecule has 0 radical (unpaired) electrons. The minimum Gasteiger partial charge on any atom is -0.497 e. The van der Waals surface area contributed by atoms with Crippen LogP contribution in [0.1, 0.15) is 35.1 Å². The molecule has 0 saturated carbocycles. The van der Waals surface area contributed by atoms with Crippen molar-refractivity contribution < 1.29 is 23.7 Å². The van der Waals surface area contributed by atoms with Gasteiger partial charge in [-0.3, -0.25) is 0 Å². The highest BCUT2D eigenvalue weighted by atomic mass is 16.7. The lowest BCUT2D eigenvalue weighted by atomic mass is 9.88. The molecule has 0 saturated heterocycles. The van der Waals surface area contributed by atoms with Crippen LogP contribution in [0.3, 0.4) is 0 Å². The summed E-state index contributed by atoms with van der Waals surface area (Å²) in [7, 11) is 1.64. The van der Waals surface area contributed by atoms with Crippen molar-refractivity contribution in [1.82, 2.24) is 0 Å². The Labute approximate surface area is 180 Å². The second-order valence-corrected chi connectivity index (χ2v) is 7.37. The fraction of sp³-hybridized carbons (Fsp3) is 0.192. The lowest BCUT2D eigenvalue weighted by molar-refractivity contribution is -0.138. The maximum atomic E-state index is 13.3. The molecule has 1 unspecified atom stereocenters. The molecule has 1 heterocycles. The van der Waals surface area contributed by atoms with Gasteiger partial charge in [0.15, 0.2) is 11.5 Å². The van der Waals surface area contributed by atoms with Crippen LogP contribution in [-0.4, -0.2) is 26.5 Å². The van der Waals surface area contributed by atoms with E-state index in [0.717, 1.165) is 33.6 Å². The van der Waals surface area contributed by atoms with E-state index in [4.69, 9.17) is 18.9 Å². The van der Waals surface area contributed by atoms with Gasteiger partial charge >= 0.3 is 5.97 Å². The van der Waals surface area contributed by atoms with Gasteiger partial charge in [0.25, 0.3) is 0 Å². The molecule has 31 heavy (non-hydrogen) atoms. The first-order chi connectivity index (χ1) is 15.2. The van der Waals surface area contributed by atoms with Gasteiger partial charge in [-0.05, 0) is 53.4 Å².